The highest BCUT2D eigenvalue weighted by atomic mass is 16.3. The summed E-state index contributed by atoms with van der Waals surface area (Å²) in [6.45, 7) is 11.8. The first-order valence-electron chi connectivity index (χ1n) is 7.37. The summed E-state index contributed by atoms with van der Waals surface area (Å²) >= 11 is 0. The molecule has 3 N–H and O–H groups in total. The van der Waals surface area contributed by atoms with Crippen LogP contribution in [0, 0.1) is 5.41 Å². The van der Waals surface area contributed by atoms with Gasteiger partial charge in [0.25, 0.3) is 0 Å². The van der Waals surface area contributed by atoms with Crippen LogP contribution in [-0.4, -0.2) is 34.3 Å². The highest BCUT2D eigenvalue weighted by molar-refractivity contribution is 5.47. The fourth-order valence-corrected chi connectivity index (χ4v) is 2.02. The van der Waals surface area contributed by atoms with Crippen LogP contribution in [0.15, 0.2) is 6.07 Å². The molecule has 1 aromatic heterocycles. The number of aliphatic hydroxyl groups is 1. The van der Waals surface area contributed by atoms with E-state index in [0.29, 0.717) is 6.54 Å². The summed E-state index contributed by atoms with van der Waals surface area (Å²) in [6, 6.07) is 1.88. The predicted octanol–water partition coefficient (Wildman–Crippen LogP) is 2.68. The van der Waals surface area contributed by atoms with Crippen molar-refractivity contribution in [2.45, 2.75) is 53.6 Å². The maximum atomic E-state index is 10.0. The molecule has 5 nitrogen and oxygen atoms in total. The number of hydrogen-bond acceptors (Lipinski definition) is 5. The van der Waals surface area contributed by atoms with Gasteiger partial charge in [-0.1, -0.05) is 27.7 Å². The standard InChI is InChI=1S/C15H28N4O/c1-6-12-18-13(16-7-2)8-14(19-12)17-10-11(20)9-15(3,4)5/h8,11,20H,6-7,9-10H2,1-5H3,(H2,16,17,18,19). The number of nitrogens with one attached hydrogen (secondary N) is 2. The van der Waals surface area contributed by atoms with E-state index < -0.39 is 0 Å². The van der Waals surface area contributed by atoms with Crippen molar-refractivity contribution in [2.75, 3.05) is 23.7 Å². The van der Waals surface area contributed by atoms with Crippen LogP contribution in [0.3, 0.4) is 0 Å². The Balaban J connectivity index is 2.64. The average molecular weight is 280 g/mol. The lowest BCUT2D eigenvalue weighted by Crippen LogP contribution is -2.25. The highest BCUT2D eigenvalue weighted by Gasteiger charge is 2.16. The Kier molecular flexibility index (Phi) is 6.20. The van der Waals surface area contributed by atoms with Crippen LogP contribution in [0.25, 0.3) is 0 Å². The van der Waals surface area contributed by atoms with Gasteiger partial charge in [-0.2, -0.15) is 0 Å². The summed E-state index contributed by atoms with van der Waals surface area (Å²) < 4.78 is 0. The van der Waals surface area contributed by atoms with E-state index in [-0.39, 0.29) is 11.5 Å². The lowest BCUT2D eigenvalue weighted by molar-refractivity contribution is 0.132. The number of aryl methyl sites for hydroxylation is 1. The largest absolute Gasteiger partial charge is 0.391 e. The molecule has 20 heavy (non-hydrogen) atoms. The molecule has 0 aliphatic carbocycles. The van der Waals surface area contributed by atoms with E-state index in [4.69, 9.17) is 0 Å². The van der Waals surface area contributed by atoms with Crippen LogP contribution in [0.1, 0.15) is 46.9 Å². The van der Waals surface area contributed by atoms with Crippen LogP contribution in [-0.2, 0) is 6.42 Å². The van der Waals surface area contributed by atoms with E-state index in [1.807, 2.05) is 19.9 Å². The van der Waals surface area contributed by atoms with Gasteiger partial charge in [-0.3, -0.25) is 0 Å². The van der Waals surface area contributed by atoms with E-state index in [0.717, 1.165) is 36.8 Å². The quantitative estimate of drug-likeness (QED) is 0.716. The number of aromatic nitrogens is 2. The van der Waals surface area contributed by atoms with Gasteiger partial charge in [0, 0.05) is 25.6 Å². The van der Waals surface area contributed by atoms with Gasteiger partial charge in [-0.15, -0.1) is 0 Å². The van der Waals surface area contributed by atoms with E-state index in [9.17, 15) is 5.11 Å². The zero-order valence-corrected chi connectivity index (χ0v) is 13.3. The van der Waals surface area contributed by atoms with Gasteiger partial charge in [-0.05, 0) is 18.8 Å². The van der Waals surface area contributed by atoms with Gasteiger partial charge in [0.05, 0.1) is 6.10 Å². The first-order valence-corrected chi connectivity index (χ1v) is 7.37. The average Bonchev–Trinajstić information content (AvgIpc) is 2.34. The zero-order valence-electron chi connectivity index (χ0n) is 13.3. The van der Waals surface area contributed by atoms with Gasteiger partial charge in [0.2, 0.25) is 0 Å². The molecule has 0 amide bonds. The van der Waals surface area contributed by atoms with Crippen molar-refractivity contribution in [3.63, 3.8) is 0 Å². The second-order valence-corrected chi connectivity index (χ2v) is 6.24. The van der Waals surface area contributed by atoms with Gasteiger partial charge in [-0.25, -0.2) is 9.97 Å². The lowest BCUT2D eigenvalue weighted by atomic mass is 9.89. The number of rotatable bonds is 7. The molecule has 1 rings (SSSR count). The van der Waals surface area contributed by atoms with E-state index >= 15 is 0 Å². The Morgan fingerprint density at radius 3 is 2.25 bits per heavy atom. The molecule has 1 heterocycles. The van der Waals surface area contributed by atoms with Gasteiger partial charge < -0.3 is 15.7 Å². The van der Waals surface area contributed by atoms with Crippen molar-refractivity contribution in [2.24, 2.45) is 5.41 Å². The van der Waals surface area contributed by atoms with Crippen LogP contribution in [0.4, 0.5) is 11.6 Å². The van der Waals surface area contributed by atoms with Crippen molar-refractivity contribution >= 4 is 11.6 Å². The third-order valence-corrected chi connectivity index (χ3v) is 2.81. The van der Waals surface area contributed by atoms with Crippen LogP contribution < -0.4 is 10.6 Å². The Labute approximate surface area is 122 Å². The summed E-state index contributed by atoms with van der Waals surface area (Å²) in [5.74, 6) is 2.39. The van der Waals surface area contributed by atoms with Crippen molar-refractivity contribution < 1.29 is 5.11 Å². The Morgan fingerprint density at radius 1 is 1.15 bits per heavy atom. The molecule has 5 heteroatoms. The minimum Gasteiger partial charge on any atom is -0.391 e. The highest BCUT2D eigenvalue weighted by Crippen LogP contribution is 2.21. The fraction of sp³-hybridized carbons (Fsp3) is 0.733. The molecule has 0 spiro atoms. The topological polar surface area (TPSA) is 70.1 Å². The molecule has 0 saturated heterocycles. The first-order chi connectivity index (χ1) is 9.34. The third kappa shape index (κ3) is 6.19. The summed E-state index contributed by atoms with van der Waals surface area (Å²) in [7, 11) is 0. The fourth-order valence-electron chi connectivity index (χ4n) is 2.02. The van der Waals surface area contributed by atoms with Gasteiger partial charge in [0.15, 0.2) is 0 Å². The molecule has 0 aliphatic rings. The monoisotopic (exact) mass is 280 g/mol. The molecule has 0 bridgehead atoms. The van der Waals surface area contributed by atoms with Crippen molar-refractivity contribution in [1.82, 2.24) is 9.97 Å². The van der Waals surface area contributed by atoms with E-state index in [1.54, 1.807) is 0 Å². The van der Waals surface area contributed by atoms with Gasteiger partial charge >= 0.3 is 0 Å². The van der Waals surface area contributed by atoms with Crippen LogP contribution >= 0.6 is 0 Å². The molecule has 1 aromatic rings. The van der Waals surface area contributed by atoms with Crippen molar-refractivity contribution in [1.29, 1.82) is 0 Å². The SMILES string of the molecule is CCNc1cc(NCC(O)CC(C)(C)C)nc(CC)n1. The summed E-state index contributed by atoms with van der Waals surface area (Å²) in [4.78, 5) is 8.83. The van der Waals surface area contributed by atoms with Crippen molar-refractivity contribution in [3.8, 4) is 0 Å². The first kappa shape index (κ1) is 16.7. The van der Waals surface area contributed by atoms with Crippen molar-refractivity contribution in [3.05, 3.63) is 11.9 Å². The molecule has 0 saturated carbocycles. The smallest absolute Gasteiger partial charge is 0.132 e. The number of hydrogen-bond donors (Lipinski definition) is 3. The Hall–Kier alpha value is -1.36. The Bertz CT molecular complexity index is 415. The Morgan fingerprint density at radius 2 is 1.75 bits per heavy atom. The molecule has 0 aliphatic heterocycles. The second-order valence-electron chi connectivity index (χ2n) is 6.24. The molecule has 0 radical (unpaired) electrons. The minimum absolute atomic E-state index is 0.121. The van der Waals surface area contributed by atoms with Crippen LogP contribution in [0.2, 0.25) is 0 Å². The maximum absolute atomic E-state index is 10.0. The molecular formula is C15H28N4O. The van der Waals surface area contributed by atoms with E-state index in [2.05, 4.69) is 41.4 Å². The number of nitrogens with zero attached hydrogens (tertiary/aromatic N) is 2. The lowest BCUT2D eigenvalue weighted by Gasteiger charge is -2.22. The minimum atomic E-state index is -0.377. The summed E-state index contributed by atoms with van der Waals surface area (Å²) in [6.07, 6.45) is 1.17. The van der Waals surface area contributed by atoms with Gasteiger partial charge in [0.1, 0.15) is 17.5 Å². The molecular weight excluding hydrogens is 252 g/mol. The third-order valence-electron chi connectivity index (χ3n) is 2.81. The predicted molar refractivity (Wildman–Crippen MR) is 84.1 cm³/mol. The van der Waals surface area contributed by atoms with Crippen LogP contribution in [0.5, 0.6) is 0 Å². The summed E-state index contributed by atoms with van der Waals surface area (Å²) in [5, 5.41) is 16.4. The molecule has 114 valence electrons. The zero-order chi connectivity index (χ0) is 15.2. The second kappa shape index (κ2) is 7.43. The maximum Gasteiger partial charge on any atom is 0.132 e. The molecule has 0 aromatic carbocycles. The molecule has 0 fully saturated rings. The summed E-state index contributed by atoms with van der Waals surface area (Å²) in [5.41, 5.74) is 0.121. The number of aliphatic hydroxyl groups excluding tert-OH is 1. The number of anilines is 2. The molecule has 1 atom stereocenters. The molecule has 1 unspecified atom stereocenters. The van der Waals surface area contributed by atoms with E-state index in [1.165, 1.54) is 0 Å². The normalized spacial score (nSPS) is 13.1.